The molecule has 1 aliphatic carbocycles. The van der Waals surface area contributed by atoms with E-state index in [1.807, 2.05) is 0 Å². The third-order valence-electron chi connectivity index (χ3n) is 4.78. The Balaban J connectivity index is 0.000000860. The molecule has 0 bridgehead atoms. The van der Waals surface area contributed by atoms with Crippen molar-refractivity contribution in [1.29, 1.82) is 0 Å². The van der Waals surface area contributed by atoms with Gasteiger partial charge in [0.25, 0.3) is 0 Å². The van der Waals surface area contributed by atoms with E-state index in [4.69, 9.17) is 39.1 Å². The van der Waals surface area contributed by atoms with Gasteiger partial charge in [-0.15, -0.1) is 0 Å². The van der Waals surface area contributed by atoms with Gasteiger partial charge in [-0.25, -0.2) is 19.2 Å². The quantitative estimate of drug-likeness (QED) is 0.289. The predicted molar refractivity (Wildman–Crippen MR) is 110 cm³/mol. The molecule has 0 amide bonds. The van der Waals surface area contributed by atoms with Crippen LogP contribution in [-0.4, -0.2) is 72.3 Å². The second-order valence-electron chi connectivity index (χ2n) is 7.35. The zero-order chi connectivity index (χ0) is 25.4. The molecule has 192 valence electrons. The summed E-state index contributed by atoms with van der Waals surface area (Å²) >= 11 is 0. The molecule has 1 saturated carbocycles. The molecule has 3 N–H and O–H groups in total. The van der Waals surface area contributed by atoms with Gasteiger partial charge in [0.05, 0.1) is 26.7 Å². The second-order valence-corrected chi connectivity index (χ2v) is 7.35. The molecule has 2 rings (SSSR count). The third-order valence-corrected chi connectivity index (χ3v) is 4.78. The van der Waals surface area contributed by atoms with Crippen LogP contribution < -0.4 is 0 Å². The molecule has 0 aromatic carbocycles. The van der Waals surface area contributed by atoms with Gasteiger partial charge in [-0.05, 0) is 44.4 Å². The van der Waals surface area contributed by atoms with E-state index in [9.17, 15) is 14.4 Å². The maximum absolute atomic E-state index is 12.2. The first kappa shape index (κ1) is 30.0. The summed E-state index contributed by atoms with van der Waals surface area (Å²) in [6.07, 6.45) is -0.136. The highest BCUT2D eigenvalue weighted by Gasteiger charge is 2.44. The number of carbonyl (C=O) groups excluding carboxylic acids is 2. The van der Waals surface area contributed by atoms with Crippen LogP contribution in [0.5, 0.6) is 0 Å². The van der Waals surface area contributed by atoms with Gasteiger partial charge in [0, 0.05) is 0 Å². The molecule has 0 spiro atoms. The normalized spacial score (nSPS) is 26.0. The Morgan fingerprint density at radius 1 is 0.939 bits per heavy atom. The van der Waals surface area contributed by atoms with Crippen molar-refractivity contribution in [2.75, 3.05) is 20.3 Å². The van der Waals surface area contributed by atoms with Crippen LogP contribution in [0.25, 0.3) is 0 Å². The van der Waals surface area contributed by atoms with E-state index in [0.717, 1.165) is 25.7 Å². The maximum Gasteiger partial charge on any atom is 0.513 e. The van der Waals surface area contributed by atoms with Crippen LogP contribution in [0.2, 0.25) is 0 Å². The van der Waals surface area contributed by atoms with E-state index in [0.29, 0.717) is 13.0 Å². The summed E-state index contributed by atoms with van der Waals surface area (Å²) < 4.78 is 29.6. The molecular weight excluding hydrogens is 448 g/mol. The Hall–Kier alpha value is -2.96. The molecule has 33 heavy (non-hydrogen) atoms. The number of hydrogen-bond acceptors (Lipinski definition) is 10. The average molecular weight is 482 g/mol. The van der Waals surface area contributed by atoms with Crippen LogP contribution in [0.4, 0.5) is 19.2 Å². The number of carboxylic acid groups (broad SMARTS) is 3. The van der Waals surface area contributed by atoms with E-state index >= 15 is 0 Å². The van der Waals surface area contributed by atoms with E-state index in [1.54, 1.807) is 6.92 Å². The van der Waals surface area contributed by atoms with Crippen LogP contribution in [0.1, 0.15) is 59.3 Å². The number of carbonyl (C=O) groups is 4. The third kappa shape index (κ3) is 13.2. The van der Waals surface area contributed by atoms with Crippen molar-refractivity contribution in [2.45, 2.75) is 71.4 Å². The largest absolute Gasteiger partial charge is 0.513 e. The fourth-order valence-corrected chi connectivity index (χ4v) is 3.36. The zero-order valence-electron chi connectivity index (χ0n) is 19.3. The van der Waals surface area contributed by atoms with Gasteiger partial charge in [0.2, 0.25) is 0 Å². The van der Waals surface area contributed by atoms with E-state index in [1.165, 1.54) is 7.11 Å². The van der Waals surface area contributed by atoms with Gasteiger partial charge in [-0.2, -0.15) is 0 Å². The first-order chi connectivity index (χ1) is 15.5. The Labute approximate surface area is 191 Å². The lowest BCUT2D eigenvalue weighted by Gasteiger charge is -2.36. The predicted octanol–water partition coefficient (Wildman–Crippen LogP) is 4.52. The Morgan fingerprint density at radius 2 is 1.48 bits per heavy atom. The summed E-state index contributed by atoms with van der Waals surface area (Å²) in [7, 11) is 1.18. The molecule has 3 unspecified atom stereocenters. The second kappa shape index (κ2) is 15.8. The van der Waals surface area contributed by atoms with Crippen molar-refractivity contribution in [3.8, 4) is 0 Å². The molecular formula is C20H34O13. The standard InChI is InChI=1S/C16H26O7.C3H6O3.CH2O3/c1-11-7-6-8-12(2)13(11)21-15(18)23-16(22-14(17)19-3)9-4-5-10-20-16;1-2-6-3(4)5;2-1(3)4/h11-13H,4-10H2,1-3H3;2H2,1H3,(H,4,5);(H2,2,3,4). The van der Waals surface area contributed by atoms with E-state index in [-0.39, 0.29) is 31.0 Å². The Kier molecular flexibility index (Phi) is 14.4. The lowest BCUT2D eigenvalue weighted by Crippen LogP contribution is -2.46. The minimum Gasteiger partial charge on any atom is -0.450 e. The van der Waals surface area contributed by atoms with Crippen molar-refractivity contribution < 1.29 is 62.9 Å². The van der Waals surface area contributed by atoms with Crippen LogP contribution in [-0.2, 0) is 28.4 Å². The van der Waals surface area contributed by atoms with Crippen molar-refractivity contribution >= 4 is 24.6 Å². The molecule has 0 radical (unpaired) electrons. The molecule has 1 aliphatic heterocycles. The van der Waals surface area contributed by atoms with Crippen LogP contribution in [0, 0.1) is 11.8 Å². The van der Waals surface area contributed by atoms with Crippen LogP contribution in [0.3, 0.4) is 0 Å². The summed E-state index contributed by atoms with van der Waals surface area (Å²) in [4.78, 5) is 41.5. The number of methoxy groups -OCH3 is 1. The number of hydrogen-bond donors (Lipinski definition) is 3. The summed E-state index contributed by atoms with van der Waals surface area (Å²) in [5.74, 6) is -1.20. The molecule has 2 fully saturated rings. The van der Waals surface area contributed by atoms with Crippen LogP contribution in [0.15, 0.2) is 0 Å². The Morgan fingerprint density at radius 3 is 1.88 bits per heavy atom. The molecule has 3 atom stereocenters. The van der Waals surface area contributed by atoms with Gasteiger partial charge >= 0.3 is 30.6 Å². The molecule has 1 heterocycles. The monoisotopic (exact) mass is 482 g/mol. The first-order valence-corrected chi connectivity index (χ1v) is 10.5. The maximum atomic E-state index is 12.2. The Bertz CT molecular complexity index is 601. The summed E-state index contributed by atoms with van der Waals surface area (Å²) in [6.45, 7) is 6.31. The lowest BCUT2D eigenvalue weighted by atomic mass is 9.81. The minimum absolute atomic E-state index is 0.199. The highest BCUT2D eigenvalue weighted by molar-refractivity contribution is 5.62. The van der Waals surface area contributed by atoms with E-state index in [2.05, 4.69) is 23.3 Å². The van der Waals surface area contributed by atoms with Gasteiger partial charge in [0.15, 0.2) is 0 Å². The summed E-state index contributed by atoms with van der Waals surface area (Å²) in [5, 5.41) is 21.6. The smallest absolute Gasteiger partial charge is 0.450 e. The molecule has 13 nitrogen and oxygen atoms in total. The fraction of sp³-hybridized carbons (Fsp3) is 0.800. The van der Waals surface area contributed by atoms with Gasteiger partial charge in [-0.3, -0.25) is 0 Å². The summed E-state index contributed by atoms with van der Waals surface area (Å²) in [5.41, 5.74) is 0. The van der Waals surface area contributed by atoms with Crippen molar-refractivity contribution in [3.05, 3.63) is 0 Å². The molecule has 0 aromatic heterocycles. The average Bonchev–Trinajstić information content (AvgIpc) is 2.71. The van der Waals surface area contributed by atoms with Gasteiger partial charge < -0.3 is 43.7 Å². The van der Waals surface area contributed by atoms with Gasteiger partial charge in [0.1, 0.15) is 6.10 Å². The van der Waals surface area contributed by atoms with Crippen molar-refractivity contribution in [2.24, 2.45) is 11.8 Å². The topological polar surface area (TPSA) is 184 Å². The first-order valence-electron chi connectivity index (χ1n) is 10.5. The van der Waals surface area contributed by atoms with Crippen molar-refractivity contribution in [1.82, 2.24) is 0 Å². The van der Waals surface area contributed by atoms with Crippen molar-refractivity contribution in [3.63, 3.8) is 0 Å². The molecule has 13 heteroatoms. The minimum atomic E-state index is -1.83. The van der Waals surface area contributed by atoms with E-state index < -0.39 is 30.6 Å². The summed E-state index contributed by atoms with van der Waals surface area (Å²) in [6, 6.07) is 0. The number of rotatable bonds is 4. The zero-order valence-corrected chi connectivity index (χ0v) is 19.3. The molecule has 1 saturated heterocycles. The SMILES string of the molecule is CCOC(=O)O.COC(=O)OC1(OC(=O)OC2C(C)CCCC2C)CCCCO1.O=C(O)O. The fourth-order valence-electron chi connectivity index (χ4n) is 3.36. The van der Waals surface area contributed by atoms with Gasteiger partial charge in [-0.1, -0.05) is 20.3 Å². The highest BCUT2D eigenvalue weighted by atomic mass is 16.9. The molecule has 0 aromatic rings. The van der Waals surface area contributed by atoms with Crippen LogP contribution >= 0.6 is 0 Å². The lowest BCUT2D eigenvalue weighted by molar-refractivity contribution is -0.354. The molecule has 2 aliphatic rings. The highest BCUT2D eigenvalue weighted by Crippen LogP contribution is 2.33. The number of ether oxygens (including phenoxy) is 6.